The largest absolute Gasteiger partial charge is 0.508 e. The SMILES string of the molecule is CC(C)S(=O)(=O)NCc1cc(N(C)C)c2c(c1O)C(O)=C1C(=O)[C@]3(O)C(O)=C(C(N)=O)C(=O)[C@@H](N(C)C)[C@@H]3C[C@@H]1C2. The third-order valence-electron chi connectivity index (χ3n) is 8.34. The number of phenolic OH excluding ortho intramolecular Hbond substituents is 1. The number of ketones is 2. The van der Waals surface area contributed by atoms with Gasteiger partial charge in [-0.1, -0.05) is 0 Å². The molecule has 4 rings (SSSR count). The van der Waals surface area contributed by atoms with Crippen molar-refractivity contribution in [3.8, 4) is 5.75 Å². The average molecular weight is 593 g/mol. The molecule has 0 spiro atoms. The maximum absolute atomic E-state index is 14.0. The van der Waals surface area contributed by atoms with E-state index in [9.17, 15) is 43.2 Å². The van der Waals surface area contributed by atoms with Gasteiger partial charge in [-0.2, -0.15) is 0 Å². The minimum absolute atomic E-state index is 0.0324. The zero-order valence-corrected chi connectivity index (χ0v) is 24.5. The molecule has 0 radical (unpaired) electrons. The summed E-state index contributed by atoms with van der Waals surface area (Å²) < 4.78 is 27.2. The predicted octanol–water partition coefficient (Wildman–Crippen LogP) is -0.142. The summed E-state index contributed by atoms with van der Waals surface area (Å²) in [6.07, 6.45) is 0.0863. The molecular weight excluding hydrogens is 556 g/mol. The molecule has 14 heteroatoms. The molecule has 41 heavy (non-hydrogen) atoms. The first kappa shape index (κ1) is 30.5. The Bertz CT molecular complexity index is 1530. The van der Waals surface area contributed by atoms with Crippen LogP contribution in [0.4, 0.5) is 5.69 Å². The molecule has 1 aromatic carbocycles. The molecule has 13 nitrogen and oxygen atoms in total. The van der Waals surface area contributed by atoms with Gasteiger partial charge in [-0.3, -0.25) is 19.3 Å². The Balaban J connectivity index is 1.94. The molecule has 0 saturated heterocycles. The van der Waals surface area contributed by atoms with E-state index >= 15 is 0 Å². The van der Waals surface area contributed by atoms with Crippen molar-refractivity contribution in [3.63, 3.8) is 0 Å². The van der Waals surface area contributed by atoms with E-state index in [0.29, 0.717) is 11.3 Å². The highest BCUT2D eigenvalue weighted by molar-refractivity contribution is 7.90. The van der Waals surface area contributed by atoms with Crippen molar-refractivity contribution in [3.05, 3.63) is 39.7 Å². The molecule has 1 aromatic rings. The number of likely N-dealkylation sites (N-methyl/N-ethyl adjacent to an activating group) is 1. The van der Waals surface area contributed by atoms with Crippen molar-refractivity contribution in [1.29, 1.82) is 0 Å². The number of primary amides is 1. The number of aromatic hydroxyl groups is 1. The lowest BCUT2D eigenvalue weighted by Crippen LogP contribution is -2.65. The van der Waals surface area contributed by atoms with Crippen LogP contribution < -0.4 is 15.4 Å². The van der Waals surface area contributed by atoms with Crippen LogP contribution in [0.5, 0.6) is 5.75 Å². The van der Waals surface area contributed by atoms with Gasteiger partial charge in [0, 0.05) is 43.4 Å². The van der Waals surface area contributed by atoms with Gasteiger partial charge in [-0.05, 0) is 58.3 Å². The van der Waals surface area contributed by atoms with Gasteiger partial charge >= 0.3 is 0 Å². The first-order valence-electron chi connectivity index (χ1n) is 13.1. The van der Waals surface area contributed by atoms with Crippen molar-refractivity contribution in [2.24, 2.45) is 17.6 Å². The van der Waals surface area contributed by atoms with Gasteiger partial charge in [0.05, 0.1) is 16.9 Å². The number of benzene rings is 1. The highest BCUT2D eigenvalue weighted by atomic mass is 32.2. The van der Waals surface area contributed by atoms with Gasteiger partial charge in [0.1, 0.15) is 22.8 Å². The number of Topliss-reactive ketones (excluding diaryl/α,β-unsaturated/α-hetero) is 2. The van der Waals surface area contributed by atoms with E-state index in [0.717, 1.165) is 0 Å². The summed E-state index contributed by atoms with van der Waals surface area (Å²) in [6, 6.07) is 0.419. The number of phenols is 1. The minimum Gasteiger partial charge on any atom is -0.508 e. The van der Waals surface area contributed by atoms with E-state index in [1.54, 1.807) is 25.1 Å². The Morgan fingerprint density at radius 1 is 1.17 bits per heavy atom. The predicted molar refractivity (Wildman–Crippen MR) is 149 cm³/mol. The Hall–Kier alpha value is -3.46. The summed E-state index contributed by atoms with van der Waals surface area (Å²) in [5.41, 5.74) is 2.51. The van der Waals surface area contributed by atoms with E-state index in [1.807, 2.05) is 0 Å². The van der Waals surface area contributed by atoms with Crippen molar-refractivity contribution in [2.75, 3.05) is 33.1 Å². The molecule has 224 valence electrons. The maximum atomic E-state index is 14.0. The Morgan fingerprint density at radius 2 is 1.78 bits per heavy atom. The highest BCUT2D eigenvalue weighted by Gasteiger charge is 2.64. The van der Waals surface area contributed by atoms with Crippen LogP contribution in [0, 0.1) is 11.8 Å². The van der Waals surface area contributed by atoms with Gasteiger partial charge < -0.3 is 31.1 Å². The molecule has 1 fully saturated rings. The average Bonchev–Trinajstić information content (AvgIpc) is 2.85. The monoisotopic (exact) mass is 592 g/mol. The fourth-order valence-corrected chi connectivity index (χ4v) is 6.91. The number of carbonyl (C=O) groups is 3. The van der Waals surface area contributed by atoms with Gasteiger partial charge in [0.25, 0.3) is 5.91 Å². The van der Waals surface area contributed by atoms with Crippen LogP contribution in [-0.4, -0.2) is 96.3 Å². The van der Waals surface area contributed by atoms with Crippen LogP contribution in [0.2, 0.25) is 0 Å². The number of carbonyl (C=O) groups excluding carboxylic acids is 3. The zero-order valence-electron chi connectivity index (χ0n) is 23.7. The number of amides is 1. The van der Waals surface area contributed by atoms with Crippen LogP contribution in [-0.2, 0) is 37.4 Å². The molecule has 3 aliphatic rings. The molecule has 7 N–H and O–H groups in total. The summed E-state index contributed by atoms with van der Waals surface area (Å²) in [5.74, 6) is -7.41. The molecule has 0 bridgehead atoms. The zero-order chi connectivity index (χ0) is 30.9. The van der Waals surface area contributed by atoms with Gasteiger partial charge in [-0.15, -0.1) is 0 Å². The van der Waals surface area contributed by atoms with Crippen LogP contribution in [0.3, 0.4) is 0 Å². The normalized spacial score (nSPS) is 26.3. The first-order chi connectivity index (χ1) is 18.9. The lowest BCUT2D eigenvalue weighted by atomic mass is 9.57. The van der Waals surface area contributed by atoms with E-state index < -0.39 is 79.1 Å². The fourth-order valence-electron chi connectivity index (χ4n) is 6.22. The number of nitrogens with two attached hydrogens (primary N) is 1. The second-order valence-corrected chi connectivity index (χ2v) is 13.8. The number of nitrogens with one attached hydrogen (secondary N) is 1. The quantitative estimate of drug-likeness (QED) is 0.229. The maximum Gasteiger partial charge on any atom is 0.255 e. The van der Waals surface area contributed by atoms with E-state index in [2.05, 4.69) is 4.72 Å². The van der Waals surface area contributed by atoms with Crippen molar-refractivity contribution in [2.45, 2.75) is 50.1 Å². The number of rotatable bonds is 7. The summed E-state index contributed by atoms with van der Waals surface area (Å²) in [7, 11) is 2.82. The molecule has 0 aromatic heterocycles. The number of aliphatic hydroxyl groups is 3. The topological polar surface area (TPSA) is 211 Å². The van der Waals surface area contributed by atoms with E-state index in [1.165, 1.54) is 32.8 Å². The van der Waals surface area contributed by atoms with E-state index in [4.69, 9.17) is 5.73 Å². The van der Waals surface area contributed by atoms with Crippen molar-refractivity contribution in [1.82, 2.24) is 9.62 Å². The second kappa shape index (κ2) is 10.1. The lowest BCUT2D eigenvalue weighted by Gasteiger charge is -2.50. The number of sulfonamides is 1. The summed E-state index contributed by atoms with van der Waals surface area (Å²) >= 11 is 0. The number of fused-ring (bicyclic) bond motifs is 3. The third-order valence-corrected chi connectivity index (χ3v) is 10.1. The molecule has 0 unspecified atom stereocenters. The summed E-state index contributed by atoms with van der Waals surface area (Å²) in [6.45, 7) is 2.69. The van der Waals surface area contributed by atoms with Gasteiger partial charge in [0.2, 0.25) is 15.8 Å². The molecule has 4 atom stereocenters. The van der Waals surface area contributed by atoms with Crippen LogP contribution in [0.25, 0.3) is 5.76 Å². The van der Waals surface area contributed by atoms with Gasteiger partial charge in [0.15, 0.2) is 11.4 Å². The Morgan fingerprint density at radius 3 is 2.29 bits per heavy atom. The van der Waals surface area contributed by atoms with Crippen LogP contribution in [0.1, 0.15) is 37.0 Å². The fraction of sp³-hybridized carbons (Fsp3) is 0.519. The molecule has 1 saturated carbocycles. The van der Waals surface area contributed by atoms with Crippen molar-refractivity contribution < 1.29 is 43.2 Å². The van der Waals surface area contributed by atoms with Crippen molar-refractivity contribution >= 4 is 38.9 Å². The molecule has 0 heterocycles. The molecule has 1 amide bonds. The minimum atomic E-state index is -3.70. The number of aliphatic hydroxyl groups excluding tert-OH is 2. The summed E-state index contributed by atoms with van der Waals surface area (Å²) in [4.78, 5) is 42.5. The number of hydrogen-bond acceptors (Lipinski definition) is 11. The van der Waals surface area contributed by atoms with E-state index in [-0.39, 0.29) is 36.1 Å². The lowest BCUT2D eigenvalue weighted by molar-refractivity contribution is -0.153. The second-order valence-electron chi connectivity index (χ2n) is 11.5. The first-order valence-corrected chi connectivity index (χ1v) is 14.6. The van der Waals surface area contributed by atoms with Gasteiger partial charge in [-0.25, -0.2) is 13.1 Å². The Kier molecular flexibility index (Phi) is 7.53. The standard InChI is InChI=1S/C27H36N4O9S/c1-11(2)41(39,40)29-10-13-9-16(30(3)4)14-7-12-8-15-20(31(5)6)23(34)19(26(28)37)25(36)27(15,38)24(35)17(12)22(33)18(14)21(13)32/h9,11-12,15,20,29,32-33,36,38H,7-8,10H2,1-6H3,(H2,28,37)/t12-,15-,20-,27-/m0/s1. The number of hydrogen-bond donors (Lipinski definition) is 6. The van der Waals surface area contributed by atoms with Crippen LogP contribution >= 0.6 is 0 Å². The molecular formula is C27H36N4O9S. The molecule has 0 aliphatic heterocycles. The highest BCUT2D eigenvalue weighted by Crippen LogP contribution is 2.54. The Labute approximate surface area is 238 Å². The van der Waals surface area contributed by atoms with Crippen LogP contribution in [0.15, 0.2) is 23.0 Å². The third kappa shape index (κ3) is 4.49. The number of anilines is 1. The number of nitrogens with zero attached hydrogens (tertiary/aromatic N) is 2. The smallest absolute Gasteiger partial charge is 0.255 e. The molecule has 3 aliphatic carbocycles. The summed E-state index contributed by atoms with van der Waals surface area (Å²) in [5, 5.41) is 44.7.